The zero-order valence-electron chi connectivity index (χ0n) is 9.52. The summed E-state index contributed by atoms with van der Waals surface area (Å²) < 4.78 is 26.1. The molecule has 0 unspecified atom stereocenters. The molecule has 3 N–H and O–H groups in total. The lowest BCUT2D eigenvalue weighted by atomic mass is 10.1. The van der Waals surface area contributed by atoms with Crippen LogP contribution in [0.1, 0.15) is 10.4 Å². The van der Waals surface area contributed by atoms with Crippen molar-refractivity contribution in [2.45, 2.75) is 0 Å². The van der Waals surface area contributed by atoms with Crippen LogP contribution < -0.4 is 5.32 Å². The van der Waals surface area contributed by atoms with E-state index in [-0.39, 0.29) is 11.3 Å². The fourth-order valence-corrected chi connectivity index (χ4v) is 1.54. The third kappa shape index (κ3) is 2.62. The molecule has 2 rings (SSSR count). The van der Waals surface area contributed by atoms with Gasteiger partial charge in [-0.05, 0) is 24.3 Å². The predicted molar refractivity (Wildman–Crippen MR) is 64.1 cm³/mol. The van der Waals surface area contributed by atoms with E-state index < -0.39 is 29.0 Å². The number of halogens is 2. The van der Waals surface area contributed by atoms with Gasteiger partial charge in [-0.3, -0.25) is 4.79 Å². The molecule has 0 heterocycles. The Bertz CT molecular complexity index is 624. The fraction of sp³-hybridized carbons (Fsp3) is 0. The maximum atomic E-state index is 13.3. The number of amides is 1. The summed E-state index contributed by atoms with van der Waals surface area (Å²) in [7, 11) is 0. The van der Waals surface area contributed by atoms with Gasteiger partial charge in [0.05, 0.1) is 5.69 Å². The van der Waals surface area contributed by atoms with E-state index in [1.54, 1.807) is 0 Å². The Morgan fingerprint density at radius 3 is 2.26 bits per heavy atom. The summed E-state index contributed by atoms with van der Waals surface area (Å²) in [5.74, 6) is -3.52. The van der Waals surface area contributed by atoms with Crippen molar-refractivity contribution in [2.75, 3.05) is 5.32 Å². The van der Waals surface area contributed by atoms with Gasteiger partial charge in [-0.1, -0.05) is 6.07 Å². The predicted octanol–water partition coefficient (Wildman–Crippen LogP) is 2.63. The Kier molecular flexibility index (Phi) is 3.33. The molecule has 0 aliphatic rings. The van der Waals surface area contributed by atoms with Crippen molar-refractivity contribution < 1.29 is 23.8 Å². The zero-order chi connectivity index (χ0) is 14.0. The second kappa shape index (κ2) is 4.93. The molecule has 98 valence electrons. The number of phenolic OH excluding ortho intramolecular Hbond substituents is 2. The first-order valence-electron chi connectivity index (χ1n) is 5.26. The van der Waals surface area contributed by atoms with Crippen molar-refractivity contribution >= 4 is 11.6 Å². The summed E-state index contributed by atoms with van der Waals surface area (Å²) in [5.41, 5.74) is -0.639. The molecule has 0 aliphatic carbocycles. The Labute approximate surface area is 106 Å². The summed E-state index contributed by atoms with van der Waals surface area (Å²) >= 11 is 0. The maximum absolute atomic E-state index is 13.3. The topological polar surface area (TPSA) is 69.6 Å². The molecule has 4 nitrogen and oxygen atoms in total. The van der Waals surface area contributed by atoms with Gasteiger partial charge in [-0.15, -0.1) is 0 Å². The number of phenols is 2. The Hall–Kier alpha value is -2.63. The molecule has 0 radical (unpaired) electrons. The van der Waals surface area contributed by atoms with Crippen molar-refractivity contribution in [1.29, 1.82) is 0 Å². The molecule has 1 amide bonds. The molecule has 6 heteroatoms. The van der Waals surface area contributed by atoms with E-state index >= 15 is 0 Å². The summed E-state index contributed by atoms with van der Waals surface area (Å²) in [6.07, 6.45) is 0. The third-order valence-electron chi connectivity index (χ3n) is 2.43. The molecule has 0 saturated carbocycles. The van der Waals surface area contributed by atoms with E-state index in [1.807, 2.05) is 0 Å². The second-order valence-electron chi connectivity index (χ2n) is 3.75. The zero-order valence-corrected chi connectivity index (χ0v) is 9.52. The molecule has 0 atom stereocenters. The minimum absolute atomic E-state index is 0.256. The molecule has 0 aromatic heterocycles. The van der Waals surface area contributed by atoms with E-state index in [0.29, 0.717) is 6.07 Å². The number of benzene rings is 2. The number of carbonyl (C=O) groups excluding carboxylic acids is 1. The monoisotopic (exact) mass is 265 g/mol. The van der Waals surface area contributed by atoms with Crippen LogP contribution in [0.4, 0.5) is 14.5 Å². The smallest absolute Gasteiger partial charge is 0.263 e. The Balaban J connectivity index is 2.31. The van der Waals surface area contributed by atoms with Gasteiger partial charge in [0.2, 0.25) is 0 Å². The van der Waals surface area contributed by atoms with Crippen LogP contribution in [0, 0.1) is 11.6 Å². The number of carbonyl (C=O) groups is 1. The summed E-state index contributed by atoms with van der Waals surface area (Å²) in [4.78, 5) is 11.8. The first-order chi connectivity index (χ1) is 8.99. The van der Waals surface area contributed by atoms with Crippen LogP contribution in [-0.2, 0) is 0 Å². The quantitative estimate of drug-likeness (QED) is 0.781. The van der Waals surface area contributed by atoms with Crippen molar-refractivity contribution in [3.63, 3.8) is 0 Å². The van der Waals surface area contributed by atoms with Gasteiger partial charge in [0.1, 0.15) is 28.7 Å². The molecule has 0 spiro atoms. The van der Waals surface area contributed by atoms with E-state index in [4.69, 9.17) is 0 Å². The summed E-state index contributed by atoms with van der Waals surface area (Å²) in [6.45, 7) is 0. The molecule has 0 fully saturated rings. The minimum atomic E-state index is -0.955. The number of hydrogen-bond donors (Lipinski definition) is 3. The highest BCUT2D eigenvalue weighted by Crippen LogP contribution is 2.27. The van der Waals surface area contributed by atoms with Crippen LogP contribution in [0.25, 0.3) is 0 Å². The van der Waals surface area contributed by atoms with Gasteiger partial charge in [0, 0.05) is 6.07 Å². The first-order valence-corrected chi connectivity index (χ1v) is 5.26. The SMILES string of the molecule is O=C(Nc1ccc(F)cc1F)c1c(O)cccc1O. The van der Waals surface area contributed by atoms with Gasteiger partial charge in [-0.25, -0.2) is 8.78 Å². The molecule has 0 bridgehead atoms. The van der Waals surface area contributed by atoms with Crippen LogP contribution in [0.15, 0.2) is 36.4 Å². The highest BCUT2D eigenvalue weighted by atomic mass is 19.1. The van der Waals surface area contributed by atoms with E-state index in [1.165, 1.54) is 18.2 Å². The molecule has 0 saturated heterocycles. The standard InChI is InChI=1S/C13H9F2NO3/c14-7-4-5-9(8(15)6-7)16-13(19)12-10(17)2-1-3-11(12)18/h1-6,17-18H,(H,16,19). The van der Waals surface area contributed by atoms with Crippen LogP contribution in [0.5, 0.6) is 11.5 Å². The third-order valence-corrected chi connectivity index (χ3v) is 2.43. The largest absolute Gasteiger partial charge is 0.507 e. The number of rotatable bonds is 2. The number of aromatic hydroxyl groups is 2. The average molecular weight is 265 g/mol. The lowest BCUT2D eigenvalue weighted by molar-refractivity contribution is 0.102. The lowest BCUT2D eigenvalue weighted by Crippen LogP contribution is -2.13. The van der Waals surface area contributed by atoms with Crippen LogP contribution in [0.3, 0.4) is 0 Å². The molecule has 2 aromatic rings. The van der Waals surface area contributed by atoms with Gasteiger partial charge in [0.25, 0.3) is 5.91 Å². The van der Waals surface area contributed by atoms with Crippen molar-refractivity contribution in [2.24, 2.45) is 0 Å². The number of hydrogen-bond acceptors (Lipinski definition) is 3. The average Bonchev–Trinajstić information content (AvgIpc) is 2.32. The summed E-state index contributed by atoms with van der Waals surface area (Å²) in [5, 5.41) is 21.1. The molecule has 0 aliphatic heterocycles. The highest BCUT2D eigenvalue weighted by Gasteiger charge is 2.17. The molecule has 19 heavy (non-hydrogen) atoms. The molecular formula is C13H9F2NO3. The normalized spacial score (nSPS) is 10.2. The maximum Gasteiger partial charge on any atom is 0.263 e. The van der Waals surface area contributed by atoms with Gasteiger partial charge in [0.15, 0.2) is 0 Å². The lowest BCUT2D eigenvalue weighted by Gasteiger charge is -2.09. The van der Waals surface area contributed by atoms with Gasteiger partial charge >= 0.3 is 0 Å². The fourth-order valence-electron chi connectivity index (χ4n) is 1.54. The first kappa shape index (κ1) is 12.8. The van der Waals surface area contributed by atoms with Crippen LogP contribution in [0.2, 0.25) is 0 Å². The van der Waals surface area contributed by atoms with E-state index in [9.17, 15) is 23.8 Å². The highest BCUT2D eigenvalue weighted by molar-refractivity contribution is 6.08. The molecular weight excluding hydrogens is 256 g/mol. The van der Waals surface area contributed by atoms with Crippen molar-refractivity contribution in [3.8, 4) is 11.5 Å². The van der Waals surface area contributed by atoms with E-state index in [0.717, 1.165) is 12.1 Å². The van der Waals surface area contributed by atoms with E-state index in [2.05, 4.69) is 5.32 Å². The van der Waals surface area contributed by atoms with Gasteiger partial charge < -0.3 is 15.5 Å². The van der Waals surface area contributed by atoms with Crippen molar-refractivity contribution in [1.82, 2.24) is 0 Å². The Morgan fingerprint density at radius 2 is 1.68 bits per heavy atom. The van der Waals surface area contributed by atoms with Gasteiger partial charge in [-0.2, -0.15) is 0 Å². The van der Waals surface area contributed by atoms with Crippen LogP contribution in [-0.4, -0.2) is 16.1 Å². The minimum Gasteiger partial charge on any atom is -0.507 e. The second-order valence-corrected chi connectivity index (χ2v) is 3.75. The number of nitrogens with one attached hydrogen (secondary N) is 1. The van der Waals surface area contributed by atoms with Crippen molar-refractivity contribution in [3.05, 3.63) is 53.6 Å². The Morgan fingerprint density at radius 1 is 1.05 bits per heavy atom. The molecule has 2 aromatic carbocycles. The summed E-state index contributed by atoms with van der Waals surface area (Å²) in [6, 6.07) is 6.38. The van der Waals surface area contributed by atoms with Crippen LogP contribution >= 0.6 is 0 Å². The number of anilines is 1.